The number of nitrogens with one attached hydrogen (secondary N) is 1. The summed E-state index contributed by atoms with van der Waals surface area (Å²) in [6.07, 6.45) is 5.50. The van der Waals surface area contributed by atoms with Crippen LogP contribution in [-0.4, -0.2) is 14.7 Å². The van der Waals surface area contributed by atoms with Crippen molar-refractivity contribution < 1.29 is 13.3 Å². The molecule has 1 aromatic carbocycles. The second-order valence-corrected chi connectivity index (χ2v) is 6.51. The van der Waals surface area contributed by atoms with Gasteiger partial charge in [-0.25, -0.2) is 13.9 Å². The van der Waals surface area contributed by atoms with Crippen LogP contribution in [0.5, 0.6) is 0 Å². The minimum atomic E-state index is -3.14. The quantitative estimate of drug-likeness (QED) is 0.665. The first-order valence-electron chi connectivity index (χ1n) is 6.07. The van der Waals surface area contributed by atoms with Gasteiger partial charge in [0.2, 0.25) is 0 Å². The van der Waals surface area contributed by atoms with Crippen molar-refractivity contribution >= 4 is 15.4 Å². The van der Waals surface area contributed by atoms with Crippen LogP contribution in [0, 0.1) is 0 Å². The van der Waals surface area contributed by atoms with E-state index in [0.717, 1.165) is 30.5 Å². The molecule has 0 aromatic heterocycles. The fourth-order valence-corrected chi connectivity index (χ4v) is 2.82. The molecule has 0 fully saturated rings. The third kappa shape index (κ3) is 3.17. The van der Waals surface area contributed by atoms with Gasteiger partial charge in [-0.3, -0.25) is 0 Å². The maximum Gasteiger partial charge on any atom is 0.175 e. The van der Waals surface area contributed by atoms with E-state index >= 15 is 0 Å². The summed E-state index contributed by atoms with van der Waals surface area (Å²) in [7, 11) is -3.14. The van der Waals surface area contributed by atoms with Crippen LogP contribution < -0.4 is 5.48 Å². The van der Waals surface area contributed by atoms with Crippen molar-refractivity contribution in [2.45, 2.75) is 24.2 Å². The molecule has 102 valence electrons. The lowest BCUT2D eigenvalue weighted by molar-refractivity contribution is 0.163. The lowest BCUT2D eigenvalue weighted by atomic mass is 10.1. The molecule has 0 unspecified atom stereocenters. The minimum absolute atomic E-state index is 0.340. The summed E-state index contributed by atoms with van der Waals surface area (Å²) in [5.74, 6) is 0. The Morgan fingerprint density at radius 2 is 1.95 bits per heavy atom. The summed E-state index contributed by atoms with van der Waals surface area (Å²) in [5.41, 5.74) is 6.10. The fourth-order valence-electron chi connectivity index (χ4n) is 2.19. The van der Waals surface area contributed by atoms with Crippen LogP contribution in [0.4, 0.5) is 0 Å². The van der Waals surface area contributed by atoms with E-state index in [9.17, 15) is 8.42 Å². The van der Waals surface area contributed by atoms with Gasteiger partial charge < -0.3 is 4.84 Å². The molecule has 0 saturated carbocycles. The standard InChI is InChI=1S/C14H17NO3S/c1-3-18-15-14-6-4-5-13(14)11-7-9-12(10-8-11)19(2,16)17/h3,7-10,15H,1,4-6H2,2H3. The molecule has 0 atom stereocenters. The van der Waals surface area contributed by atoms with Gasteiger partial charge >= 0.3 is 0 Å². The first kappa shape index (κ1) is 13.7. The van der Waals surface area contributed by atoms with Crippen LogP contribution in [0.15, 0.2) is 47.7 Å². The zero-order valence-corrected chi connectivity index (χ0v) is 11.7. The first-order chi connectivity index (χ1) is 9.02. The Morgan fingerprint density at radius 1 is 1.26 bits per heavy atom. The topological polar surface area (TPSA) is 55.4 Å². The van der Waals surface area contributed by atoms with E-state index in [1.807, 2.05) is 12.1 Å². The second kappa shape index (κ2) is 5.48. The Balaban J connectivity index is 2.28. The number of hydrogen-bond acceptors (Lipinski definition) is 4. The van der Waals surface area contributed by atoms with Crippen molar-refractivity contribution in [3.63, 3.8) is 0 Å². The average Bonchev–Trinajstić information content (AvgIpc) is 2.83. The van der Waals surface area contributed by atoms with Crippen LogP contribution in [0.25, 0.3) is 5.57 Å². The Labute approximate surface area is 113 Å². The van der Waals surface area contributed by atoms with Crippen molar-refractivity contribution in [1.82, 2.24) is 5.48 Å². The van der Waals surface area contributed by atoms with Crippen LogP contribution in [0.2, 0.25) is 0 Å². The molecule has 0 heterocycles. The number of hydrogen-bond donors (Lipinski definition) is 1. The maximum atomic E-state index is 11.4. The molecule has 1 N–H and O–H groups in total. The predicted molar refractivity (Wildman–Crippen MR) is 74.7 cm³/mol. The lowest BCUT2D eigenvalue weighted by Crippen LogP contribution is -2.09. The SMILES string of the molecule is C=CONC1=C(c2ccc(S(C)(=O)=O)cc2)CCC1. The van der Waals surface area contributed by atoms with E-state index in [1.165, 1.54) is 18.1 Å². The van der Waals surface area contributed by atoms with Crippen molar-refractivity contribution in [3.8, 4) is 0 Å². The second-order valence-electron chi connectivity index (χ2n) is 4.49. The van der Waals surface area contributed by atoms with E-state index in [0.29, 0.717) is 4.90 Å². The molecule has 0 saturated heterocycles. The van der Waals surface area contributed by atoms with E-state index in [-0.39, 0.29) is 0 Å². The molecular formula is C14H17NO3S. The molecule has 2 rings (SSSR count). The van der Waals surface area contributed by atoms with Gasteiger partial charge in [0.1, 0.15) is 6.26 Å². The molecule has 0 aliphatic heterocycles. The van der Waals surface area contributed by atoms with Gasteiger partial charge in [-0.05, 0) is 42.5 Å². The van der Waals surface area contributed by atoms with Crippen LogP contribution in [-0.2, 0) is 14.7 Å². The molecule has 0 radical (unpaired) electrons. The fraction of sp³-hybridized carbons (Fsp3) is 0.286. The highest BCUT2D eigenvalue weighted by molar-refractivity contribution is 7.90. The van der Waals surface area contributed by atoms with E-state index < -0.39 is 9.84 Å². The summed E-state index contributed by atoms with van der Waals surface area (Å²) in [4.78, 5) is 5.35. The van der Waals surface area contributed by atoms with Gasteiger partial charge in [-0.2, -0.15) is 0 Å². The van der Waals surface area contributed by atoms with Crippen molar-refractivity contribution in [2.24, 2.45) is 0 Å². The van der Waals surface area contributed by atoms with Gasteiger partial charge in [0.15, 0.2) is 9.84 Å². The van der Waals surface area contributed by atoms with Crippen molar-refractivity contribution in [2.75, 3.05) is 6.26 Å². The summed E-state index contributed by atoms with van der Waals surface area (Å²) in [5, 5.41) is 0. The Hall–Kier alpha value is -1.75. The summed E-state index contributed by atoms with van der Waals surface area (Å²) < 4.78 is 22.8. The van der Waals surface area contributed by atoms with Gasteiger partial charge in [0.05, 0.1) is 10.6 Å². The summed E-state index contributed by atoms with van der Waals surface area (Å²) in [6.45, 7) is 3.48. The smallest absolute Gasteiger partial charge is 0.175 e. The number of sulfone groups is 1. The molecular weight excluding hydrogens is 262 g/mol. The van der Waals surface area contributed by atoms with Crippen molar-refractivity contribution in [1.29, 1.82) is 0 Å². The predicted octanol–water partition coefficient (Wildman–Crippen LogP) is 2.65. The van der Waals surface area contributed by atoms with E-state index in [2.05, 4.69) is 12.1 Å². The number of rotatable bonds is 5. The molecule has 19 heavy (non-hydrogen) atoms. The van der Waals surface area contributed by atoms with Gasteiger partial charge in [-0.1, -0.05) is 18.7 Å². The number of allylic oxidation sites excluding steroid dienone is 2. The molecule has 1 aliphatic carbocycles. The highest BCUT2D eigenvalue weighted by Crippen LogP contribution is 2.32. The molecule has 1 aromatic rings. The Morgan fingerprint density at radius 3 is 2.53 bits per heavy atom. The zero-order valence-electron chi connectivity index (χ0n) is 10.8. The molecule has 0 amide bonds. The largest absolute Gasteiger partial charge is 0.391 e. The Kier molecular flexibility index (Phi) is 3.95. The van der Waals surface area contributed by atoms with Gasteiger partial charge in [0, 0.05) is 6.26 Å². The van der Waals surface area contributed by atoms with Crippen LogP contribution in [0.3, 0.4) is 0 Å². The number of benzene rings is 1. The average molecular weight is 279 g/mol. The van der Waals surface area contributed by atoms with E-state index in [1.54, 1.807) is 12.1 Å². The third-order valence-corrected chi connectivity index (χ3v) is 4.24. The van der Waals surface area contributed by atoms with E-state index in [4.69, 9.17) is 4.84 Å². The summed E-state index contributed by atoms with van der Waals surface area (Å²) in [6, 6.07) is 6.96. The molecule has 5 heteroatoms. The van der Waals surface area contributed by atoms with Crippen LogP contribution >= 0.6 is 0 Å². The minimum Gasteiger partial charge on any atom is -0.391 e. The highest BCUT2D eigenvalue weighted by atomic mass is 32.2. The third-order valence-electron chi connectivity index (χ3n) is 3.11. The Bertz CT molecular complexity index is 600. The first-order valence-corrected chi connectivity index (χ1v) is 7.96. The van der Waals surface area contributed by atoms with Crippen LogP contribution in [0.1, 0.15) is 24.8 Å². The normalized spacial score (nSPS) is 15.4. The lowest BCUT2D eigenvalue weighted by Gasteiger charge is -2.09. The molecule has 0 spiro atoms. The molecule has 4 nitrogen and oxygen atoms in total. The number of hydroxylamine groups is 1. The van der Waals surface area contributed by atoms with Gasteiger partial charge in [-0.15, -0.1) is 0 Å². The maximum absolute atomic E-state index is 11.4. The summed E-state index contributed by atoms with van der Waals surface area (Å²) >= 11 is 0. The monoisotopic (exact) mass is 279 g/mol. The molecule has 1 aliphatic rings. The van der Waals surface area contributed by atoms with Crippen molar-refractivity contribution in [3.05, 3.63) is 48.4 Å². The zero-order chi connectivity index (χ0) is 13.9. The molecule has 0 bridgehead atoms. The highest BCUT2D eigenvalue weighted by Gasteiger charge is 2.17. The van der Waals surface area contributed by atoms with Gasteiger partial charge in [0.25, 0.3) is 0 Å².